The molecule has 100 valence electrons. The van der Waals surface area contributed by atoms with Gasteiger partial charge in [-0.25, -0.2) is 8.42 Å². The molecule has 3 atom stereocenters. The highest BCUT2D eigenvalue weighted by atomic mass is 32.2. The van der Waals surface area contributed by atoms with E-state index in [-0.39, 0.29) is 5.54 Å². The van der Waals surface area contributed by atoms with Crippen molar-refractivity contribution < 1.29 is 8.42 Å². The van der Waals surface area contributed by atoms with Crippen molar-refractivity contribution in [3.05, 3.63) is 0 Å². The first kappa shape index (κ1) is 13.3. The zero-order valence-electron chi connectivity index (χ0n) is 10.8. The van der Waals surface area contributed by atoms with Crippen LogP contribution in [0.1, 0.15) is 33.1 Å². The normalized spacial score (nSPS) is 41.5. The summed E-state index contributed by atoms with van der Waals surface area (Å²) < 4.78 is 23.0. The summed E-state index contributed by atoms with van der Waals surface area (Å²) in [6.45, 7) is 6.29. The smallest absolute Gasteiger partial charge is 0.152 e. The van der Waals surface area contributed by atoms with Crippen molar-refractivity contribution in [1.82, 2.24) is 10.6 Å². The van der Waals surface area contributed by atoms with Gasteiger partial charge in [-0.1, -0.05) is 6.92 Å². The molecule has 0 aliphatic carbocycles. The van der Waals surface area contributed by atoms with Gasteiger partial charge in [0.1, 0.15) is 0 Å². The molecule has 0 saturated carbocycles. The molecule has 0 amide bonds. The predicted octanol–water partition coefficient (Wildman–Crippen LogP) is 0.541. The SMILES string of the molecule is CC1CCNC(CNC2(C)CCS(=O)(=O)C2)C1. The van der Waals surface area contributed by atoms with E-state index in [0.29, 0.717) is 17.5 Å². The lowest BCUT2D eigenvalue weighted by molar-refractivity contribution is 0.284. The summed E-state index contributed by atoms with van der Waals surface area (Å²) in [5.74, 6) is 1.41. The summed E-state index contributed by atoms with van der Waals surface area (Å²) >= 11 is 0. The fourth-order valence-electron chi connectivity index (χ4n) is 2.90. The summed E-state index contributed by atoms with van der Waals surface area (Å²) in [6.07, 6.45) is 3.19. The number of piperidine rings is 1. The second kappa shape index (κ2) is 4.86. The monoisotopic (exact) mass is 260 g/mol. The molecular formula is C12H24N2O2S. The second-order valence-corrected chi connectivity index (χ2v) is 8.25. The largest absolute Gasteiger partial charge is 0.313 e. The second-order valence-electron chi connectivity index (χ2n) is 6.06. The first-order valence-corrected chi connectivity index (χ1v) is 8.40. The highest BCUT2D eigenvalue weighted by molar-refractivity contribution is 7.91. The minimum Gasteiger partial charge on any atom is -0.313 e. The Morgan fingerprint density at radius 3 is 2.82 bits per heavy atom. The number of nitrogens with one attached hydrogen (secondary N) is 2. The molecule has 4 nitrogen and oxygen atoms in total. The van der Waals surface area contributed by atoms with E-state index in [2.05, 4.69) is 17.6 Å². The van der Waals surface area contributed by atoms with Gasteiger partial charge in [-0.3, -0.25) is 0 Å². The first-order valence-electron chi connectivity index (χ1n) is 6.57. The third-order valence-electron chi connectivity index (χ3n) is 4.04. The van der Waals surface area contributed by atoms with Crippen LogP contribution in [0, 0.1) is 5.92 Å². The average molecular weight is 260 g/mol. The van der Waals surface area contributed by atoms with Crippen molar-refractivity contribution in [2.75, 3.05) is 24.6 Å². The molecule has 2 rings (SSSR count). The zero-order valence-corrected chi connectivity index (χ0v) is 11.6. The molecule has 0 aromatic heterocycles. The summed E-state index contributed by atoms with van der Waals surface area (Å²) in [5.41, 5.74) is -0.207. The van der Waals surface area contributed by atoms with E-state index in [1.165, 1.54) is 12.8 Å². The van der Waals surface area contributed by atoms with Crippen LogP contribution in [0.2, 0.25) is 0 Å². The molecule has 3 unspecified atom stereocenters. The van der Waals surface area contributed by atoms with Crippen molar-refractivity contribution in [2.45, 2.75) is 44.7 Å². The van der Waals surface area contributed by atoms with Gasteiger partial charge in [0.25, 0.3) is 0 Å². The van der Waals surface area contributed by atoms with E-state index >= 15 is 0 Å². The third-order valence-corrected chi connectivity index (χ3v) is 5.94. The quantitative estimate of drug-likeness (QED) is 0.778. The maximum Gasteiger partial charge on any atom is 0.152 e. The van der Waals surface area contributed by atoms with Crippen LogP contribution in [0.3, 0.4) is 0 Å². The van der Waals surface area contributed by atoms with Crippen molar-refractivity contribution in [2.24, 2.45) is 5.92 Å². The van der Waals surface area contributed by atoms with E-state index in [9.17, 15) is 8.42 Å². The van der Waals surface area contributed by atoms with Crippen LogP contribution in [-0.4, -0.2) is 44.6 Å². The third kappa shape index (κ3) is 3.66. The van der Waals surface area contributed by atoms with Crippen molar-refractivity contribution >= 4 is 9.84 Å². The summed E-state index contributed by atoms with van der Waals surface area (Å²) in [5, 5.41) is 6.96. The van der Waals surface area contributed by atoms with Crippen LogP contribution in [0.15, 0.2) is 0 Å². The molecule has 2 saturated heterocycles. The lowest BCUT2D eigenvalue weighted by atomic mass is 9.93. The molecule has 0 aromatic carbocycles. The summed E-state index contributed by atoms with van der Waals surface area (Å²) in [7, 11) is -2.80. The maximum absolute atomic E-state index is 11.5. The molecule has 2 fully saturated rings. The van der Waals surface area contributed by atoms with E-state index in [0.717, 1.165) is 25.4 Å². The van der Waals surface area contributed by atoms with Gasteiger partial charge in [0.2, 0.25) is 0 Å². The molecule has 5 heteroatoms. The minimum absolute atomic E-state index is 0.207. The molecule has 0 spiro atoms. The Morgan fingerprint density at radius 1 is 1.47 bits per heavy atom. The van der Waals surface area contributed by atoms with Gasteiger partial charge in [-0.15, -0.1) is 0 Å². The van der Waals surface area contributed by atoms with Gasteiger partial charge in [-0.05, 0) is 38.6 Å². The molecule has 2 aliphatic rings. The standard InChI is InChI=1S/C12H24N2O2S/c1-10-3-5-13-11(7-10)8-14-12(2)4-6-17(15,16)9-12/h10-11,13-14H,3-9H2,1-2H3. The van der Waals surface area contributed by atoms with Crippen molar-refractivity contribution in [3.63, 3.8) is 0 Å². The van der Waals surface area contributed by atoms with Crippen LogP contribution < -0.4 is 10.6 Å². The van der Waals surface area contributed by atoms with Crippen LogP contribution in [-0.2, 0) is 9.84 Å². The number of rotatable bonds is 3. The van der Waals surface area contributed by atoms with Gasteiger partial charge in [-0.2, -0.15) is 0 Å². The maximum atomic E-state index is 11.5. The van der Waals surface area contributed by atoms with Crippen molar-refractivity contribution in [1.29, 1.82) is 0 Å². The Bertz CT molecular complexity index is 369. The number of hydrogen-bond donors (Lipinski definition) is 2. The van der Waals surface area contributed by atoms with Gasteiger partial charge in [0.15, 0.2) is 9.84 Å². The van der Waals surface area contributed by atoms with Crippen molar-refractivity contribution in [3.8, 4) is 0 Å². The molecule has 2 aliphatic heterocycles. The van der Waals surface area contributed by atoms with Gasteiger partial charge in [0.05, 0.1) is 11.5 Å². The Hall–Kier alpha value is -0.130. The molecule has 2 N–H and O–H groups in total. The number of hydrogen-bond acceptors (Lipinski definition) is 4. The molecule has 2 heterocycles. The molecule has 0 radical (unpaired) electrons. The molecule has 0 bridgehead atoms. The Morgan fingerprint density at radius 2 is 2.24 bits per heavy atom. The van der Waals surface area contributed by atoms with Gasteiger partial charge in [0, 0.05) is 18.1 Å². The Kier molecular flexibility index (Phi) is 3.80. The topological polar surface area (TPSA) is 58.2 Å². The highest BCUT2D eigenvalue weighted by Gasteiger charge is 2.38. The van der Waals surface area contributed by atoms with E-state index in [4.69, 9.17) is 0 Å². The van der Waals surface area contributed by atoms with Crippen LogP contribution in [0.4, 0.5) is 0 Å². The minimum atomic E-state index is -2.80. The fraction of sp³-hybridized carbons (Fsp3) is 1.00. The summed E-state index contributed by atoms with van der Waals surface area (Å²) in [4.78, 5) is 0. The molecule has 17 heavy (non-hydrogen) atoms. The molecular weight excluding hydrogens is 236 g/mol. The lowest BCUT2D eigenvalue weighted by Gasteiger charge is -2.32. The zero-order chi connectivity index (χ0) is 12.5. The fourth-order valence-corrected chi connectivity index (χ4v) is 5.02. The summed E-state index contributed by atoms with van der Waals surface area (Å²) in [6, 6.07) is 0.499. The number of sulfone groups is 1. The van der Waals surface area contributed by atoms with E-state index < -0.39 is 9.84 Å². The molecule has 0 aromatic rings. The predicted molar refractivity (Wildman–Crippen MR) is 69.9 cm³/mol. The van der Waals surface area contributed by atoms with Crippen LogP contribution in [0.25, 0.3) is 0 Å². The lowest BCUT2D eigenvalue weighted by Crippen LogP contribution is -2.51. The Labute approximate surface area is 104 Å². The van der Waals surface area contributed by atoms with E-state index in [1.807, 2.05) is 6.92 Å². The van der Waals surface area contributed by atoms with Crippen LogP contribution >= 0.6 is 0 Å². The van der Waals surface area contributed by atoms with E-state index in [1.54, 1.807) is 0 Å². The van der Waals surface area contributed by atoms with Gasteiger partial charge < -0.3 is 10.6 Å². The van der Waals surface area contributed by atoms with Gasteiger partial charge >= 0.3 is 0 Å². The first-order chi connectivity index (χ1) is 7.89. The highest BCUT2D eigenvalue weighted by Crippen LogP contribution is 2.23. The Balaban J connectivity index is 1.82. The van der Waals surface area contributed by atoms with Crippen LogP contribution in [0.5, 0.6) is 0 Å². The average Bonchev–Trinajstić information content (AvgIpc) is 2.51.